The fourth-order valence-electron chi connectivity index (χ4n) is 2.41. The van der Waals surface area contributed by atoms with Crippen LogP contribution in [0.2, 0.25) is 0 Å². The van der Waals surface area contributed by atoms with Crippen molar-refractivity contribution < 1.29 is 9.53 Å². The number of aromatic amines is 2. The summed E-state index contributed by atoms with van der Waals surface area (Å²) < 4.78 is 5.05. The smallest absolute Gasteiger partial charge is 0.355 e. The molecule has 0 aliphatic carbocycles. The number of unbranched alkanes of at least 4 members (excludes halogenated alkanes) is 9. The zero-order chi connectivity index (χ0) is 16.9. The number of carbonyl (C=O) groups is 1. The second-order valence-corrected chi connectivity index (χ2v) is 5.82. The van der Waals surface area contributed by atoms with Crippen molar-refractivity contribution in [3.8, 4) is 0 Å². The molecule has 0 fully saturated rings. The standard InChI is InChI=1S/C17H28N2O4/c1-2-3-4-5-6-7-8-9-10-11-12-23-16(21)14-13-15(20)19-17(22)18-14/h13H,2-12H2,1H3,(H2,18,19,20,22). The Morgan fingerprint density at radius 1 is 0.913 bits per heavy atom. The van der Waals surface area contributed by atoms with Gasteiger partial charge in [-0.05, 0) is 6.42 Å². The molecule has 0 spiro atoms. The van der Waals surface area contributed by atoms with Gasteiger partial charge in [-0.2, -0.15) is 0 Å². The molecule has 1 aromatic heterocycles. The number of nitrogens with one attached hydrogen (secondary N) is 2. The second kappa shape index (κ2) is 11.7. The van der Waals surface area contributed by atoms with Gasteiger partial charge in [-0.3, -0.25) is 9.78 Å². The Labute approximate surface area is 136 Å². The molecule has 1 aromatic rings. The van der Waals surface area contributed by atoms with Crippen LogP contribution in [0.25, 0.3) is 0 Å². The molecule has 0 saturated carbocycles. The average molecular weight is 324 g/mol. The van der Waals surface area contributed by atoms with Gasteiger partial charge in [0, 0.05) is 6.07 Å². The Morgan fingerprint density at radius 3 is 2.04 bits per heavy atom. The van der Waals surface area contributed by atoms with E-state index >= 15 is 0 Å². The molecule has 23 heavy (non-hydrogen) atoms. The maximum Gasteiger partial charge on any atom is 0.355 e. The van der Waals surface area contributed by atoms with Gasteiger partial charge in [0.2, 0.25) is 0 Å². The summed E-state index contributed by atoms with van der Waals surface area (Å²) in [4.78, 5) is 38.1. The van der Waals surface area contributed by atoms with Crippen molar-refractivity contribution in [1.29, 1.82) is 0 Å². The molecular formula is C17H28N2O4. The van der Waals surface area contributed by atoms with Crippen molar-refractivity contribution in [3.05, 3.63) is 32.6 Å². The largest absolute Gasteiger partial charge is 0.461 e. The molecule has 130 valence electrons. The predicted octanol–water partition coefficient (Wildman–Crippen LogP) is 3.14. The van der Waals surface area contributed by atoms with Crippen LogP contribution in [0.4, 0.5) is 0 Å². The van der Waals surface area contributed by atoms with Gasteiger partial charge in [0.05, 0.1) is 6.61 Å². The first-order valence-electron chi connectivity index (χ1n) is 8.64. The van der Waals surface area contributed by atoms with Gasteiger partial charge in [-0.15, -0.1) is 0 Å². The summed E-state index contributed by atoms with van der Waals surface area (Å²) in [6, 6.07) is 1.03. The summed E-state index contributed by atoms with van der Waals surface area (Å²) in [6.45, 7) is 2.53. The van der Waals surface area contributed by atoms with Crippen molar-refractivity contribution in [1.82, 2.24) is 9.97 Å². The molecule has 0 atom stereocenters. The highest BCUT2D eigenvalue weighted by atomic mass is 16.5. The van der Waals surface area contributed by atoms with E-state index in [1.165, 1.54) is 44.9 Å². The summed E-state index contributed by atoms with van der Waals surface area (Å²) in [6.07, 6.45) is 12.1. The summed E-state index contributed by atoms with van der Waals surface area (Å²) >= 11 is 0. The van der Waals surface area contributed by atoms with Crippen molar-refractivity contribution in [2.45, 2.75) is 71.1 Å². The van der Waals surface area contributed by atoms with Gasteiger partial charge in [0.1, 0.15) is 5.69 Å². The summed E-state index contributed by atoms with van der Waals surface area (Å²) in [5, 5.41) is 0. The number of rotatable bonds is 12. The van der Waals surface area contributed by atoms with E-state index in [9.17, 15) is 14.4 Å². The van der Waals surface area contributed by atoms with Crippen molar-refractivity contribution in [2.75, 3.05) is 6.61 Å². The molecule has 0 unspecified atom stereocenters. The number of ether oxygens (including phenoxy) is 1. The summed E-state index contributed by atoms with van der Waals surface area (Å²) in [7, 11) is 0. The highest BCUT2D eigenvalue weighted by Gasteiger charge is 2.09. The first kappa shape index (κ1) is 19.2. The first-order valence-corrected chi connectivity index (χ1v) is 8.64. The first-order chi connectivity index (χ1) is 11.1. The van der Waals surface area contributed by atoms with E-state index in [1.807, 2.05) is 4.98 Å². The third-order valence-corrected chi connectivity index (χ3v) is 3.71. The molecular weight excluding hydrogens is 296 g/mol. The number of esters is 1. The van der Waals surface area contributed by atoms with Crippen LogP contribution < -0.4 is 11.2 Å². The molecule has 0 aliphatic heterocycles. The minimum absolute atomic E-state index is 0.106. The molecule has 1 heterocycles. The zero-order valence-electron chi connectivity index (χ0n) is 14.0. The van der Waals surface area contributed by atoms with E-state index in [-0.39, 0.29) is 5.69 Å². The minimum atomic E-state index is -0.705. The molecule has 6 nitrogen and oxygen atoms in total. The Balaban J connectivity index is 2.03. The van der Waals surface area contributed by atoms with E-state index in [0.717, 1.165) is 25.3 Å². The van der Waals surface area contributed by atoms with E-state index in [0.29, 0.717) is 6.61 Å². The number of hydrogen-bond acceptors (Lipinski definition) is 4. The zero-order valence-corrected chi connectivity index (χ0v) is 14.0. The van der Waals surface area contributed by atoms with Crippen molar-refractivity contribution in [2.24, 2.45) is 0 Å². The van der Waals surface area contributed by atoms with Crippen LogP contribution in [0.3, 0.4) is 0 Å². The van der Waals surface area contributed by atoms with Gasteiger partial charge >= 0.3 is 11.7 Å². The summed E-state index contributed by atoms with van der Waals surface area (Å²) in [5.41, 5.74) is -1.42. The van der Waals surface area contributed by atoms with Crippen LogP contribution in [0.15, 0.2) is 15.7 Å². The second-order valence-electron chi connectivity index (χ2n) is 5.82. The molecule has 1 rings (SSSR count). The molecule has 0 aromatic carbocycles. The van der Waals surface area contributed by atoms with E-state index < -0.39 is 17.2 Å². The maximum atomic E-state index is 11.7. The Morgan fingerprint density at radius 2 is 1.48 bits per heavy atom. The lowest BCUT2D eigenvalue weighted by Crippen LogP contribution is -2.25. The van der Waals surface area contributed by atoms with Crippen LogP contribution in [-0.4, -0.2) is 22.5 Å². The van der Waals surface area contributed by atoms with E-state index in [4.69, 9.17) is 4.74 Å². The Bertz CT molecular complexity index is 534. The fourth-order valence-corrected chi connectivity index (χ4v) is 2.41. The average Bonchev–Trinajstić information content (AvgIpc) is 2.51. The lowest BCUT2D eigenvalue weighted by molar-refractivity contribution is 0.0490. The molecule has 0 radical (unpaired) electrons. The van der Waals surface area contributed by atoms with Gasteiger partial charge in [0.15, 0.2) is 0 Å². The lowest BCUT2D eigenvalue weighted by Gasteiger charge is -2.04. The van der Waals surface area contributed by atoms with Crippen molar-refractivity contribution in [3.63, 3.8) is 0 Å². The maximum absolute atomic E-state index is 11.7. The quantitative estimate of drug-likeness (QED) is 0.456. The number of hydrogen-bond donors (Lipinski definition) is 2. The van der Waals surface area contributed by atoms with Gasteiger partial charge in [0.25, 0.3) is 5.56 Å². The fraction of sp³-hybridized carbons (Fsp3) is 0.706. The van der Waals surface area contributed by atoms with E-state index in [2.05, 4.69) is 11.9 Å². The Kier molecular flexibility index (Phi) is 9.75. The minimum Gasteiger partial charge on any atom is -0.461 e. The van der Waals surface area contributed by atoms with Gasteiger partial charge < -0.3 is 9.72 Å². The van der Waals surface area contributed by atoms with Crippen LogP contribution in [0, 0.1) is 0 Å². The molecule has 0 aliphatic rings. The third-order valence-electron chi connectivity index (χ3n) is 3.71. The summed E-state index contributed by atoms with van der Waals surface area (Å²) in [5.74, 6) is -0.663. The molecule has 0 saturated heterocycles. The SMILES string of the molecule is CCCCCCCCCCCCOC(=O)c1cc(=O)[nH]c(=O)[nH]1. The number of H-pyrrole nitrogens is 2. The monoisotopic (exact) mass is 324 g/mol. The number of carbonyl (C=O) groups excluding carboxylic acids is 1. The lowest BCUT2D eigenvalue weighted by atomic mass is 10.1. The molecule has 2 N–H and O–H groups in total. The predicted molar refractivity (Wildman–Crippen MR) is 89.8 cm³/mol. The van der Waals surface area contributed by atoms with Gasteiger partial charge in [-0.25, -0.2) is 9.59 Å². The molecule has 0 bridgehead atoms. The molecule has 6 heteroatoms. The third kappa shape index (κ3) is 9.01. The van der Waals surface area contributed by atoms with Crippen molar-refractivity contribution >= 4 is 5.97 Å². The highest BCUT2D eigenvalue weighted by molar-refractivity contribution is 5.86. The van der Waals surface area contributed by atoms with Crippen LogP contribution in [0.1, 0.15) is 81.6 Å². The normalized spacial score (nSPS) is 10.7. The van der Waals surface area contributed by atoms with Crippen LogP contribution >= 0.6 is 0 Å². The van der Waals surface area contributed by atoms with E-state index in [1.54, 1.807) is 0 Å². The number of aromatic nitrogens is 2. The van der Waals surface area contributed by atoms with Gasteiger partial charge in [-0.1, -0.05) is 64.7 Å². The highest BCUT2D eigenvalue weighted by Crippen LogP contribution is 2.10. The van der Waals surface area contributed by atoms with Crippen LogP contribution in [-0.2, 0) is 4.74 Å². The molecule has 0 amide bonds. The topological polar surface area (TPSA) is 92.0 Å². The Hall–Kier alpha value is -1.85. The van der Waals surface area contributed by atoms with Crippen LogP contribution in [0.5, 0.6) is 0 Å².